The van der Waals surface area contributed by atoms with Crippen molar-refractivity contribution in [2.24, 2.45) is 0 Å². The molecule has 2 heterocycles. The number of fused-ring (bicyclic) bond motifs is 2. The highest BCUT2D eigenvalue weighted by molar-refractivity contribution is 7.80. The van der Waals surface area contributed by atoms with Gasteiger partial charge >= 0.3 is 16.4 Å². The number of nitrogens with one attached hydrogen (secondary N) is 1. The van der Waals surface area contributed by atoms with Crippen LogP contribution in [0.4, 0.5) is 4.79 Å². The van der Waals surface area contributed by atoms with Crippen molar-refractivity contribution in [3.8, 4) is 0 Å². The van der Waals surface area contributed by atoms with E-state index in [0.29, 0.717) is 17.9 Å². The Morgan fingerprint density at radius 3 is 2.38 bits per heavy atom. The summed E-state index contributed by atoms with van der Waals surface area (Å²) in [6.07, 6.45) is 0.789. The number of carbonyl (C=O) groups is 2. The van der Waals surface area contributed by atoms with Gasteiger partial charge in [0.2, 0.25) is 0 Å². The lowest BCUT2D eigenvalue weighted by molar-refractivity contribution is -0.133. The Bertz CT molecular complexity index is 600. The molecule has 10 nitrogen and oxygen atoms in total. The van der Waals surface area contributed by atoms with Crippen LogP contribution < -0.4 is 5.43 Å². The molecule has 2 N–H and O–H groups in total. The van der Waals surface area contributed by atoms with Gasteiger partial charge in [-0.25, -0.2) is 9.80 Å². The molecule has 0 radical (unpaired) electrons. The lowest BCUT2D eigenvalue weighted by atomic mass is 10.0. The first-order valence-corrected chi connectivity index (χ1v) is 9.23. The van der Waals surface area contributed by atoms with Crippen LogP contribution in [0.1, 0.15) is 40.5 Å². The number of rotatable bonds is 6. The SMILES string of the molecule is CC(C)N(NC(=O)[C@@H]1CC[C@@H]2CN1C(=O)N2OS(=O)(=O)O)C(C)C. The van der Waals surface area contributed by atoms with Crippen LogP contribution in [0.5, 0.6) is 0 Å². The molecule has 0 spiro atoms. The van der Waals surface area contributed by atoms with E-state index in [0.717, 1.165) is 0 Å². The molecule has 0 aromatic rings. The highest BCUT2D eigenvalue weighted by atomic mass is 32.3. The third kappa shape index (κ3) is 3.97. The van der Waals surface area contributed by atoms with Crippen LogP contribution in [0.2, 0.25) is 0 Å². The van der Waals surface area contributed by atoms with Crippen LogP contribution in [-0.4, -0.2) is 70.6 Å². The Kier molecular flexibility index (Phi) is 5.37. The molecular formula is C13H24N4O6S. The normalized spacial score (nSPS) is 24.4. The van der Waals surface area contributed by atoms with Gasteiger partial charge in [-0.05, 0) is 40.5 Å². The fourth-order valence-corrected chi connectivity index (χ4v) is 3.55. The monoisotopic (exact) mass is 364 g/mol. The summed E-state index contributed by atoms with van der Waals surface area (Å²) >= 11 is 0. The van der Waals surface area contributed by atoms with Crippen molar-refractivity contribution in [3.05, 3.63) is 0 Å². The summed E-state index contributed by atoms with van der Waals surface area (Å²) in [7, 11) is -4.79. The van der Waals surface area contributed by atoms with Crippen molar-refractivity contribution < 1.29 is 26.8 Å². The van der Waals surface area contributed by atoms with Crippen LogP contribution in [0.3, 0.4) is 0 Å². The zero-order valence-electron chi connectivity index (χ0n) is 14.2. The quantitative estimate of drug-likeness (QED) is 0.508. The third-order valence-electron chi connectivity index (χ3n) is 4.15. The predicted molar refractivity (Wildman–Crippen MR) is 83.6 cm³/mol. The Hall–Kier alpha value is -1.43. The molecule has 0 aromatic carbocycles. The summed E-state index contributed by atoms with van der Waals surface area (Å²) in [6.45, 7) is 7.95. The summed E-state index contributed by atoms with van der Waals surface area (Å²) in [5.74, 6) is -0.321. The molecule has 3 amide bonds. The molecule has 2 bridgehead atoms. The molecule has 2 rings (SSSR count). The highest BCUT2D eigenvalue weighted by Crippen LogP contribution is 2.30. The predicted octanol–water partition coefficient (Wildman–Crippen LogP) is 0.139. The number of hydroxylamine groups is 2. The van der Waals surface area contributed by atoms with E-state index in [-0.39, 0.29) is 24.5 Å². The average molecular weight is 364 g/mol. The molecule has 138 valence electrons. The summed E-state index contributed by atoms with van der Waals surface area (Å²) in [4.78, 5) is 26.1. The van der Waals surface area contributed by atoms with Crippen LogP contribution in [0, 0.1) is 0 Å². The lowest BCUT2D eigenvalue weighted by Gasteiger charge is -2.35. The molecule has 0 aromatic heterocycles. The number of nitrogens with zero attached hydrogens (tertiary/aromatic N) is 3. The van der Waals surface area contributed by atoms with Gasteiger partial charge in [0.05, 0.1) is 6.04 Å². The summed E-state index contributed by atoms with van der Waals surface area (Å²) in [6, 6.07) is -1.78. The number of carbonyl (C=O) groups excluding carboxylic acids is 2. The van der Waals surface area contributed by atoms with Crippen molar-refractivity contribution in [3.63, 3.8) is 0 Å². The molecule has 2 aliphatic heterocycles. The van der Waals surface area contributed by atoms with Gasteiger partial charge in [0.25, 0.3) is 5.91 Å². The minimum atomic E-state index is -4.79. The van der Waals surface area contributed by atoms with E-state index in [1.807, 2.05) is 27.7 Å². The molecule has 2 fully saturated rings. The molecule has 2 saturated heterocycles. The molecule has 11 heteroatoms. The van der Waals surface area contributed by atoms with Gasteiger partial charge < -0.3 is 4.90 Å². The third-order valence-corrected chi connectivity index (χ3v) is 4.50. The van der Waals surface area contributed by atoms with Crippen LogP contribution in [0.15, 0.2) is 0 Å². The second-order valence-electron chi connectivity index (χ2n) is 6.58. The van der Waals surface area contributed by atoms with E-state index in [2.05, 4.69) is 9.71 Å². The number of hydrazine groups is 1. The van der Waals surface area contributed by atoms with Gasteiger partial charge in [0.1, 0.15) is 6.04 Å². The van der Waals surface area contributed by atoms with Crippen molar-refractivity contribution in [1.29, 1.82) is 0 Å². The number of amides is 3. The van der Waals surface area contributed by atoms with Gasteiger partial charge in [0, 0.05) is 18.6 Å². The summed E-state index contributed by atoms with van der Waals surface area (Å²) in [5, 5.41) is 2.42. The summed E-state index contributed by atoms with van der Waals surface area (Å²) < 4.78 is 34.9. The lowest BCUT2D eigenvalue weighted by Crippen LogP contribution is -2.57. The fraction of sp³-hybridized carbons (Fsp3) is 0.846. The fourth-order valence-electron chi connectivity index (χ4n) is 3.16. The Morgan fingerprint density at radius 2 is 1.88 bits per heavy atom. The standard InChI is InChI=1S/C13H24N4O6S/c1-8(2)16(9(3)4)14-12(18)11-6-5-10-7-15(11)13(19)17(10)23-24(20,21)22/h8-11H,5-7H2,1-4H3,(H,14,18)(H,20,21,22)/t10-,11+/m1/s1. The highest BCUT2D eigenvalue weighted by Gasteiger charge is 2.49. The second-order valence-corrected chi connectivity index (χ2v) is 7.59. The average Bonchev–Trinajstić information content (AvgIpc) is 2.67. The van der Waals surface area contributed by atoms with Gasteiger partial charge in [0.15, 0.2) is 0 Å². The first kappa shape index (κ1) is 18.9. The molecule has 0 unspecified atom stereocenters. The van der Waals surface area contributed by atoms with E-state index in [1.165, 1.54) is 4.90 Å². The largest absolute Gasteiger partial charge is 0.418 e. The molecule has 2 aliphatic rings. The van der Waals surface area contributed by atoms with E-state index >= 15 is 0 Å². The maximum atomic E-state index is 12.6. The zero-order chi connectivity index (χ0) is 18.2. The van der Waals surface area contributed by atoms with E-state index in [9.17, 15) is 18.0 Å². The first-order chi connectivity index (χ1) is 11.0. The number of hydrogen-bond acceptors (Lipinski definition) is 6. The van der Waals surface area contributed by atoms with Crippen LogP contribution in [-0.2, 0) is 19.5 Å². The van der Waals surface area contributed by atoms with Crippen LogP contribution in [0.25, 0.3) is 0 Å². The number of urea groups is 1. The molecule has 0 saturated carbocycles. The van der Waals surface area contributed by atoms with E-state index < -0.39 is 28.5 Å². The maximum absolute atomic E-state index is 12.6. The van der Waals surface area contributed by atoms with Gasteiger partial charge in [-0.3, -0.25) is 14.8 Å². The molecule has 0 aliphatic carbocycles. The number of piperidine rings is 1. The van der Waals surface area contributed by atoms with E-state index in [1.54, 1.807) is 5.01 Å². The minimum Gasteiger partial charge on any atom is -0.309 e. The molecular weight excluding hydrogens is 340 g/mol. The van der Waals surface area contributed by atoms with Gasteiger partial charge in [-0.2, -0.15) is 13.5 Å². The maximum Gasteiger partial charge on any atom is 0.418 e. The zero-order valence-corrected chi connectivity index (χ0v) is 15.0. The van der Waals surface area contributed by atoms with Crippen LogP contribution >= 0.6 is 0 Å². The Labute approximate surface area is 141 Å². The molecule has 2 atom stereocenters. The topological polar surface area (TPSA) is 119 Å². The Balaban J connectivity index is 2.09. The smallest absolute Gasteiger partial charge is 0.309 e. The first-order valence-electron chi connectivity index (χ1n) is 7.87. The van der Waals surface area contributed by atoms with Crippen molar-refractivity contribution in [2.45, 2.75) is 64.7 Å². The van der Waals surface area contributed by atoms with Crippen molar-refractivity contribution in [1.82, 2.24) is 20.4 Å². The van der Waals surface area contributed by atoms with Gasteiger partial charge in [-0.15, -0.1) is 4.28 Å². The Morgan fingerprint density at radius 1 is 1.29 bits per heavy atom. The van der Waals surface area contributed by atoms with Crippen molar-refractivity contribution in [2.75, 3.05) is 6.54 Å². The van der Waals surface area contributed by atoms with E-state index in [4.69, 9.17) is 4.55 Å². The van der Waals surface area contributed by atoms with Gasteiger partial charge in [-0.1, -0.05) is 0 Å². The summed E-state index contributed by atoms with van der Waals surface area (Å²) in [5.41, 5.74) is 2.83. The number of hydrogen-bond donors (Lipinski definition) is 2. The molecule has 24 heavy (non-hydrogen) atoms. The second kappa shape index (κ2) is 6.82. The van der Waals surface area contributed by atoms with Crippen molar-refractivity contribution >= 4 is 22.3 Å². The minimum absolute atomic E-state index is 0.0823.